The predicted octanol–water partition coefficient (Wildman–Crippen LogP) is 2.85. The number of rotatable bonds is 3. The Morgan fingerprint density at radius 3 is 3.00 bits per heavy atom. The molecule has 0 amide bonds. The lowest BCUT2D eigenvalue weighted by Crippen LogP contribution is -2.30. The standard InChI is InChI=1S/C14H21NO/c1-3-14(15)12-6-4-5-10-7-8-11(16-2)9-13(10)12/h7-9,12,14H,3-6,15H2,1-2H3. The minimum Gasteiger partial charge on any atom is -0.497 e. The molecule has 0 aromatic heterocycles. The van der Waals surface area contributed by atoms with Crippen molar-refractivity contribution in [3.8, 4) is 5.75 Å². The summed E-state index contributed by atoms with van der Waals surface area (Å²) >= 11 is 0. The molecule has 1 aliphatic carbocycles. The highest BCUT2D eigenvalue weighted by molar-refractivity contribution is 5.40. The van der Waals surface area contributed by atoms with Crippen LogP contribution in [0.2, 0.25) is 0 Å². The molecule has 0 spiro atoms. The van der Waals surface area contributed by atoms with Gasteiger partial charge in [-0.1, -0.05) is 13.0 Å². The molecule has 16 heavy (non-hydrogen) atoms. The summed E-state index contributed by atoms with van der Waals surface area (Å²) in [6.45, 7) is 2.17. The molecule has 2 atom stereocenters. The molecule has 0 saturated heterocycles. The Labute approximate surface area is 97.8 Å². The van der Waals surface area contributed by atoms with Crippen LogP contribution in [-0.2, 0) is 6.42 Å². The maximum absolute atomic E-state index is 6.21. The fourth-order valence-electron chi connectivity index (χ4n) is 2.67. The molecule has 2 rings (SSSR count). The van der Waals surface area contributed by atoms with Crippen molar-refractivity contribution < 1.29 is 4.74 Å². The molecule has 0 radical (unpaired) electrons. The van der Waals surface area contributed by atoms with Gasteiger partial charge < -0.3 is 10.5 Å². The third-order valence-electron chi connectivity index (χ3n) is 3.70. The first kappa shape index (κ1) is 11.5. The second-order valence-electron chi connectivity index (χ2n) is 4.64. The Bertz CT molecular complexity index is 362. The fourth-order valence-corrected chi connectivity index (χ4v) is 2.67. The van der Waals surface area contributed by atoms with Gasteiger partial charge in [-0.2, -0.15) is 0 Å². The van der Waals surface area contributed by atoms with Gasteiger partial charge in [0.2, 0.25) is 0 Å². The van der Waals surface area contributed by atoms with E-state index in [0.29, 0.717) is 5.92 Å². The summed E-state index contributed by atoms with van der Waals surface area (Å²) in [6, 6.07) is 6.71. The van der Waals surface area contributed by atoms with E-state index in [-0.39, 0.29) is 6.04 Å². The average Bonchev–Trinajstić information content (AvgIpc) is 2.36. The highest BCUT2D eigenvalue weighted by Crippen LogP contribution is 2.36. The molecule has 1 aromatic rings. The van der Waals surface area contributed by atoms with Crippen molar-refractivity contribution in [3.63, 3.8) is 0 Å². The van der Waals surface area contributed by atoms with Crippen molar-refractivity contribution in [1.82, 2.24) is 0 Å². The highest BCUT2D eigenvalue weighted by atomic mass is 16.5. The Hall–Kier alpha value is -1.02. The molecule has 0 heterocycles. The lowest BCUT2D eigenvalue weighted by Gasteiger charge is -2.30. The summed E-state index contributed by atoms with van der Waals surface area (Å²) in [5.41, 5.74) is 9.09. The van der Waals surface area contributed by atoms with Crippen LogP contribution in [0.5, 0.6) is 5.75 Å². The number of benzene rings is 1. The largest absolute Gasteiger partial charge is 0.497 e. The van der Waals surface area contributed by atoms with Crippen molar-refractivity contribution in [2.75, 3.05) is 7.11 Å². The van der Waals surface area contributed by atoms with Crippen LogP contribution >= 0.6 is 0 Å². The normalized spacial score (nSPS) is 21.3. The lowest BCUT2D eigenvalue weighted by molar-refractivity contribution is 0.408. The zero-order valence-corrected chi connectivity index (χ0v) is 10.2. The van der Waals surface area contributed by atoms with Gasteiger partial charge in [-0.05, 0) is 54.9 Å². The zero-order valence-electron chi connectivity index (χ0n) is 10.2. The Morgan fingerprint density at radius 2 is 2.31 bits per heavy atom. The predicted molar refractivity (Wildman–Crippen MR) is 66.9 cm³/mol. The molecule has 88 valence electrons. The molecule has 1 aromatic carbocycles. The van der Waals surface area contributed by atoms with Crippen LogP contribution in [0, 0.1) is 0 Å². The van der Waals surface area contributed by atoms with Crippen LogP contribution in [0.1, 0.15) is 43.2 Å². The number of hydrogen-bond acceptors (Lipinski definition) is 2. The molecular weight excluding hydrogens is 198 g/mol. The molecule has 0 fully saturated rings. The molecule has 0 aliphatic heterocycles. The number of nitrogens with two attached hydrogens (primary N) is 1. The van der Waals surface area contributed by atoms with E-state index in [2.05, 4.69) is 25.1 Å². The van der Waals surface area contributed by atoms with Gasteiger partial charge in [0.05, 0.1) is 7.11 Å². The lowest BCUT2D eigenvalue weighted by atomic mass is 9.78. The van der Waals surface area contributed by atoms with E-state index in [1.54, 1.807) is 7.11 Å². The number of fused-ring (bicyclic) bond motifs is 1. The minimum absolute atomic E-state index is 0.283. The van der Waals surface area contributed by atoms with E-state index in [0.717, 1.165) is 12.2 Å². The molecule has 2 heteroatoms. The van der Waals surface area contributed by atoms with Gasteiger partial charge in [0, 0.05) is 6.04 Å². The minimum atomic E-state index is 0.283. The van der Waals surface area contributed by atoms with Gasteiger partial charge in [-0.15, -0.1) is 0 Å². The van der Waals surface area contributed by atoms with Crippen LogP contribution < -0.4 is 10.5 Å². The van der Waals surface area contributed by atoms with Crippen molar-refractivity contribution in [2.24, 2.45) is 5.73 Å². The van der Waals surface area contributed by atoms with E-state index in [9.17, 15) is 0 Å². The van der Waals surface area contributed by atoms with Crippen LogP contribution in [0.3, 0.4) is 0 Å². The molecule has 0 saturated carbocycles. The first-order valence-electron chi connectivity index (χ1n) is 6.18. The third kappa shape index (κ3) is 2.07. The van der Waals surface area contributed by atoms with Crippen molar-refractivity contribution in [1.29, 1.82) is 0 Å². The summed E-state index contributed by atoms with van der Waals surface area (Å²) in [6.07, 6.45) is 4.71. The Kier molecular flexibility index (Phi) is 3.49. The Morgan fingerprint density at radius 1 is 1.50 bits per heavy atom. The maximum Gasteiger partial charge on any atom is 0.119 e. The SMILES string of the molecule is CCC(N)C1CCCc2ccc(OC)cc21. The Balaban J connectivity index is 2.35. The van der Waals surface area contributed by atoms with Gasteiger partial charge in [0.25, 0.3) is 0 Å². The van der Waals surface area contributed by atoms with Gasteiger partial charge in [0.1, 0.15) is 5.75 Å². The van der Waals surface area contributed by atoms with E-state index in [4.69, 9.17) is 10.5 Å². The highest BCUT2D eigenvalue weighted by Gasteiger charge is 2.24. The number of ether oxygens (including phenoxy) is 1. The van der Waals surface area contributed by atoms with Gasteiger partial charge in [-0.3, -0.25) is 0 Å². The molecular formula is C14H21NO. The van der Waals surface area contributed by atoms with E-state index in [1.807, 2.05) is 0 Å². The summed E-state index contributed by atoms with van der Waals surface area (Å²) in [5, 5.41) is 0. The van der Waals surface area contributed by atoms with Gasteiger partial charge in [-0.25, -0.2) is 0 Å². The van der Waals surface area contributed by atoms with E-state index >= 15 is 0 Å². The van der Waals surface area contributed by atoms with E-state index < -0.39 is 0 Å². The summed E-state index contributed by atoms with van der Waals surface area (Å²) in [4.78, 5) is 0. The second kappa shape index (κ2) is 4.88. The van der Waals surface area contributed by atoms with Crippen LogP contribution in [0.15, 0.2) is 18.2 Å². The van der Waals surface area contributed by atoms with Gasteiger partial charge in [0.15, 0.2) is 0 Å². The number of hydrogen-bond donors (Lipinski definition) is 1. The van der Waals surface area contributed by atoms with E-state index in [1.165, 1.54) is 30.4 Å². The van der Waals surface area contributed by atoms with Crippen LogP contribution in [0.25, 0.3) is 0 Å². The fraction of sp³-hybridized carbons (Fsp3) is 0.571. The quantitative estimate of drug-likeness (QED) is 0.848. The summed E-state index contributed by atoms with van der Waals surface area (Å²) < 4.78 is 5.30. The van der Waals surface area contributed by atoms with Crippen LogP contribution in [-0.4, -0.2) is 13.2 Å². The molecule has 2 N–H and O–H groups in total. The van der Waals surface area contributed by atoms with Crippen molar-refractivity contribution in [3.05, 3.63) is 29.3 Å². The average molecular weight is 219 g/mol. The maximum atomic E-state index is 6.21. The molecule has 2 nitrogen and oxygen atoms in total. The van der Waals surface area contributed by atoms with Crippen molar-refractivity contribution >= 4 is 0 Å². The monoisotopic (exact) mass is 219 g/mol. The second-order valence-corrected chi connectivity index (χ2v) is 4.64. The third-order valence-corrected chi connectivity index (χ3v) is 3.70. The van der Waals surface area contributed by atoms with Gasteiger partial charge >= 0.3 is 0 Å². The first-order valence-corrected chi connectivity index (χ1v) is 6.18. The molecule has 0 bridgehead atoms. The smallest absolute Gasteiger partial charge is 0.119 e. The summed E-state index contributed by atoms with van der Waals surface area (Å²) in [5.74, 6) is 1.47. The number of aryl methyl sites for hydroxylation is 1. The first-order chi connectivity index (χ1) is 7.76. The van der Waals surface area contributed by atoms with Crippen LogP contribution in [0.4, 0.5) is 0 Å². The summed E-state index contributed by atoms with van der Waals surface area (Å²) in [7, 11) is 1.72. The molecule has 1 aliphatic rings. The topological polar surface area (TPSA) is 35.2 Å². The molecule has 2 unspecified atom stereocenters. The number of methoxy groups -OCH3 is 1. The zero-order chi connectivity index (χ0) is 11.5. The van der Waals surface area contributed by atoms with Crippen molar-refractivity contribution in [2.45, 2.75) is 44.6 Å².